The Hall–Kier alpha value is -0.830. The molecule has 0 spiro atoms. The molecule has 4 aliphatic rings. The molecule has 5 nitrogen and oxygen atoms in total. The second-order valence-electron chi connectivity index (χ2n) is 7.25. The molecule has 0 atom stereocenters. The van der Waals surface area contributed by atoms with E-state index in [9.17, 15) is 26.4 Å². The molecule has 23 heavy (non-hydrogen) atoms. The molecule has 0 unspecified atom stereocenters. The highest BCUT2D eigenvalue weighted by Gasteiger charge is 2.55. The maximum absolute atomic E-state index is 12.4. The van der Waals surface area contributed by atoms with E-state index in [4.69, 9.17) is 4.74 Å². The molecule has 0 aliphatic heterocycles. The minimum absolute atomic E-state index is 0.432. The van der Waals surface area contributed by atoms with Crippen molar-refractivity contribution in [2.75, 3.05) is 12.4 Å². The van der Waals surface area contributed by atoms with Crippen LogP contribution in [0.4, 0.5) is 13.2 Å². The van der Waals surface area contributed by atoms with E-state index < -0.39 is 40.1 Å². The Morgan fingerprint density at radius 1 is 1.09 bits per heavy atom. The van der Waals surface area contributed by atoms with E-state index in [1.54, 1.807) is 0 Å². The Labute approximate surface area is 133 Å². The highest BCUT2D eigenvalue weighted by atomic mass is 32.2. The van der Waals surface area contributed by atoms with E-state index >= 15 is 0 Å². The minimum Gasteiger partial charge on any atom is -0.464 e. The Kier molecular flexibility index (Phi) is 4.15. The number of sulfonamides is 1. The van der Waals surface area contributed by atoms with Crippen LogP contribution in [0, 0.1) is 23.2 Å². The molecule has 0 saturated heterocycles. The van der Waals surface area contributed by atoms with E-state index in [1.807, 2.05) is 0 Å². The van der Waals surface area contributed by atoms with Gasteiger partial charge in [0.1, 0.15) is 6.61 Å². The number of hydrogen-bond acceptors (Lipinski definition) is 4. The van der Waals surface area contributed by atoms with Crippen molar-refractivity contribution in [3.63, 3.8) is 0 Å². The topological polar surface area (TPSA) is 72.5 Å². The Morgan fingerprint density at radius 3 is 2.00 bits per heavy atom. The minimum atomic E-state index is -5.01. The van der Waals surface area contributed by atoms with Crippen molar-refractivity contribution >= 4 is 16.0 Å². The molecule has 1 N–H and O–H groups in total. The molecule has 0 radical (unpaired) electrons. The van der Waals surface area contributed by atoms with Gasteiger partial charge in [-0.25, -0.2) is 8.42 Å². The fourth-order valence-corrected chi connectivity index (χ4v) is 5.74. The zero-order chi connectivity index (χ0) is 16.9. The third kappa shape index (κ3) is 3.81. The molecule has 4 rings (SSSR count). The summed E-state index contributed by atoms with van der Waals surface area (Å²) in [6.45, 7) is -0.550. The monoisotopic (exact) mass is 355 g/mol. The van der Waals surface area contributed by atoms with Gasteiger partial charge in [0.15, 0.2) is 0 Å². The number of halogens is 3. The summed E-state index contributed by atoms with van der Waals surface area (Å²) >= 11 is 0. The number of hydrogen-bond donors (Lipinski definition) is 1. The molecule has 0 aromatic heterocycles. The van der Waals surface area contributed by atoms with Gasteiger partial charge in [0.05, 0.1) is 11.2 Å². The summed E-state index contributed by atoms with van der Waals surface area (Å²) in [4.78, 5) is 12.4. The third-order valence-corrected chi connectivity index (χ3v) is 6.57. The lowest BCUT2D eigenvalue weighted by atomic mass is 9.49. The molecule has 4 fully saturated rings. The summed E-state index contributed by atoms with van der Waals surface area (Å²) < 4.78 is 64.3. The molecule has 0 amide bonds. The Balaban J connectivity index is 1.54. The van der Waals surface area contributed by atoms with Gasteiger partial charge in [-0.2, -0.15) is 13.2 Å². The van der Waals surface area contributed by atoms with Crippen molar-refractivity contribution in [3.05, 3.63) is 0 Å². The van der Waals surface area contributed by atoms with Gasteiger partial charge in [-0.3, -0.25) is 4.79 Å². The van der Waals surface area contributed by atoms with E-state index in [-0.39, 0.29) is 0 Å². The molecule has 4 aliphatic carbocycles. The van der Waals surface area contributed by atoms with Crippen molar-refractivity contribution < 1.29 is 31.1 Å². The first-order chi connectivity index (χ1) is 10.6. The molecule has 9 heteroatoms. The second-order valence-corrected chi connectivity index (χ2v) is 9.09. The van der Waals surface area contributed by atoms with Crippen LogP contribution in [0.5, 0.6) is 0 Å². The Morgan fingerprint density at radius 2 is 1.57 bits per heavy atom. The quantitative estimate of drug-likeness (QED) is 0.606. The van der Waals surface area contributed by atoms with Crippen LogP contribution < -0.4 is 4.72 Å². The normalized spacial score (nSPS) is 36.2. The van der Waals surface area contributed by atoms with Gasteiger partial charge in [-0.1, -0.05) is 0 Å². The van der Waals surface area contributed by atoms with Gasteiger partial charge >= 0.3 is 12.3 Å². The van der Waals surface area contributed by atoms with Gasteiger partial charge in [0.25, 0.3) is 0 Å². The summed E-state index contributed by atoms with van der Waals surface area (Å²) in [6, 6.07) is 0. The van der Waals surface area contributed by atoms with Gasteiger partial charge in [0, 0.05) is 0 Å². The van der Waals surface area contributed by atoms with Gasteiger partial charge in [-0.15, -0.1) is 4.72 Å². The zero-order valence-electron chi connectivity index (χ0n) is 12.6. The first-order valence-electron chi connectivity index (χ1n) is 7.82. The van der Waals surface area contributed by atoms with Gasteiger partial charge in [0.2, 0.25) is 10.0 Å². The summed E-state index contributed by atoms with van der Waals surface area (Å²) in [6.07, 6.45) is 0.744. The molecule has 0 heterocycles. The van der Waals surface area contributed by atoms with Crippen LogP contribution in [0.2, 0.25) is 0 Å². The van der Waals surface area contributed by atoms with Crippen LogP contribution in [0.15, 0.2) is 0 Å². The predicted molar refractivity (Wildman–Crippen MR) is 74.5 cm³/mol. The van der Waals surface area contributed by atoms with E-state index in [1.165, 1.54) is 0 Å². The van der Waals surface area contributed by atoms with Gasteiger partial charge < -0.3 is 4.74 Å². The number of esters is 1. The lowest BCUT2D eigenvalue weighted by Crippen LogP contribution is -2.50. The molecule has 4 bridgehead atoms. The van der Waals surface area contributed by atoms with Crippen molar-refractivity contribution in [1.29, 1.82) is 0 Å². The zero-order valence-corrected chi connectivity index (χ0v) is 13.4. The maximum atomic E-state index is 12.4. The predicted octanol–water partition coefficient (Wildman–Crippen LogP) is 2.19. The summed E-state index contributed by atoms with van der Waals surface area (Å²) in [7, 11) is -4.54. The van der Waals surface area contributed by atoms with Crippen molar-refractivity contribution in [1.82, 2.24) is 4.72 Å². The standard InChI is InChI=1S/C14H20F3NO4S/c15-14(16,17)18-23(20,21)2-1-22-12(19)13-6-9-3-10(7-13)5-11(4-9)8-13/h9-11,18H,1-8H2. The summed E-state index contributed by atoms with van der Waals surface area (Å²) in [5.41, 5.74) is -0.532. The highest BCUT2D eigenvalue weighted by Crippen LogP contribution is 2.60. The molecular formula is C14H20F3NO4S. The fourth-order valence-electron chi connectivity index (χ4n) is 4.99. The number of ether oxygens (including phenoxy) is 1. The number of carbonyl (C=O) groups excluding carboxylic acids is 1. The van der Waals surface area contributed by atoms with Crippen molar-refractivity contribution in [3.8, 4) is 0 Å². The van der Waals surface area contributed by atoms with Crippen molar-refractivity contribution in [2.45, 2.75) is 44.8 Å². The third-order valence-electron chi connectivity index (χ3n) is 5.33. The molecule has 0 aromatic rings. The van der Waals surface area contributed by atoms with Crippen LogP contribution in [0.1, 0.15) is 38.5 Å². The maximum Gasteiger partial charge on any atom is 0.470 e. The first kappa shape index (κ1) is 17.0. The number of rotatable bonds is 5. The van der Waals surface area contributed by atoms with Crippen LogP contribution in [-0.2, 0) is 19.6 Å². The lowest BCUT2D eigenvalue weighted by Gasteiger charge is -2.55. The lowest BCUT2D eigenvalue weighted by molar-refractivity contribution is -0.170. The largest absolute Gasteiger partial charge is 0.470 e. The molecule has 4 saturated carbocycles. The molecule has 0 aromatic carbocycles. The number of carbonyl (C=O) groups is 1. The number of nitrogens with one attached hydrogen (secondary N) is 1. The van der Waals surface area contributed by atoms with Gasteiger partial charge in [-0.05, 0) is 56.3 Å². The fraction of sp³-hybridized carbons (Fsp3) is 0.929. The van der Waals surface area contributed by atoms with Crippen molar-refractivity contribution in [2.24, 2.45) is 23.2 Å². The highest BCUT2D eigenvalue weighted by molar-refractivity contribution is 7.89. The van der Waals surface area contributed by atoms with Crippen LogP contribution in [0.3, 0.4) is 0 Å². The van der Waals surface area contributed by atoms with Crippen LogP contribution in [-0.4, -0.2) is 33.0 Å². The Bertz CT molecular complexity index is 552. The average Bonchev–Trinajstić information content (AvgIpc) is 2.33. The van der Waals surface area contributed by atoms with Crippen LogP contribution in [0.25, 0.3) is 0 Å². The van der Waals surface area contributed by atoms with E-state index in [0.717, 1.165) is 38.5 Å². The van der Waals surface area contributed by atoms with E-state index in [0.29, 0.717) is 22.5 Å². The van der Waals surface area contributed by atoms with Crippen LogP contribution >= 0.6 is 0 Å². The first-order valence-corrected chi connectivity index (χ1v) is 9.48. The molecule has 132 valence electrons. The van der Waals surface area contributed by atoms with E-state index in [2.05, 4.69) is 0 Å². The summed E-state index contributed by atoms with van der Waals surface area (Å²) in [5.74, 6) is 0.280. The average molecular weight is 355 g/mol. The summed E-state index contributed by atoms with van der Waals surface area (Å²) in [5, 5.41) is 0. The molecular weight excluding hydrogens is 335 g/mol. The SMILES string of the molecule is O=C(OCCS(=O)(=O)NC(F)(F)F)C12CC3CC(CC(C3)C1)C2. The number of alkyl halides is 3. The second kappa shape index (κ2) is 5.61. The smallest absolute Gasteiger partial charge is 0.464 e.